The van der Waals surface area contributed by atoms with Crippen LogP contribution in [0.5, 0.6) is 11.5 Å². The molecule has 0 aliphatic carbocycles. The Morgan fingerprint density at radius 3 is 2.38 bits per heavy atom. The van der Waals surface area contributed by atoms with Gasteiger partial charge in [-0.2, -0.15) is 0 Å². The van der Waals surface area contributed by atoms with Gasteiger partial charge in [0.2, 0.25) is 5.69 Å². The summed E-state index contributed by atoms with van der Waals surface area (Å²) in [7, 11) is 5.37. The Bertz CT molecular complexity index is 1130. The van der Waals surface area contributed by atoms with Crippen LogP contribution in [0.4, 0.5) is 5.69 Å². The number of carbonyl (C=O) groups excluding carboxylic acids is 3. The number of hydrogen-bond acceptors (Lipinski definition) is 10. The number of hydrogen-bond donors (Lipinski definition) is 0. The van der Waals surface area contributed by atoms with E-state index in [0.29, 0.717) is 29.2 Å². The Morgan fingerprint density at radius 2 is 1.72 bits per heavy atom. The maximum absolute atomic E-state index is 13.3. The number of rotatable bonds is 5. The average molecular weight is 443 g/mol. The monoisotopic (exact) mass is 443 g/mol. The van der Waals surface area contributed by atoms with Crippen molar-refractivity contribution in [2.75, 3.05) is 35.0 Å². The summed E-state index contributed by atoms with van der Waals surface area (Å²) < 4.78 is 21.4. The Morgan fingerprint density at radius 1 is 1.03 bits per heavy atom. The molecule has 4 rings (SSSR count). The molecule has 1 amide bonds. The van der Waals surface area contributed by atoms with Crippen LogP contribution in [0.25, 0.3) is 0 Å². The number of methoxy groups -OCH3 is 4. The normalized spacial score (nSPS) is 19.1. The summed E-state index contributed by atoms with van der Waals surface area (Å²) in [5.41, 5.74) is 0.466. The van der Waals surface area contributed by atoms with Crippen LogP contribution in [-0.4, -0.2) is 85.0 Å². The highest BCUT2D eigenvalue weighted by atomic mass is 16.5. The minimum atomic E-state index is -0.809. The maximum Gasteiger partial charge on any atom is 0.361 e. The fraction of sp³-hybridized carbons (Fsp3) is 0.400. The van der Waals surface area contributed by atoms with E-state index in [2.05, 4.69) is 20.0 Å². The van der Waals surface area contributed by atoms with Crippen molar-refractivity contribution in [2.45, 2.75) is 18.5 Å². The number of esters is 2. The van der Waals surface area contributed by atoms with Gasteiger partial charge in [-0.1, -0.05) is 5.21 Å². The molecule has 0 unspecified atom stereocenters. The quantitative estimate of drug-likeness (QED) is 0.621. The summed E-state index contributed by atoms with van der Waals surface area (Å²) in [5, 5.41) is 7.79. The fourth-order valence-corrected chi connectivity index (χ4v) is 3.93. The summed E-state index contributed by atoms with van der Waals surface area (Å²) in [5.74, 6) is -0.955. The molecule has 0 radical (unpaired) electrons. The van der Waals surface area contributed by atoms with Gasteiger partial charge in [0.15, 0.2) is 17.2 Å². The van der Waals surface area contributed by atoms with Crippen LogP contribution in [-0.2, 0) is 9.47 Å². The minimum absolute atomic E-state index is 0.127. The van der Waals surface area contributed by atoms with E-state index >= 15 is 0 Å². The molecule has 2 aliphatic rings. The van der Waals surface area contributed by atoms with Gasteiger partial charge >= 0.3 is 11.9 Å². The zero-order chi connectivity index (χ0) is 23.0. The van der Waals surface area contributed by atoms with Crippen molar-refractivity contribution in [3.63, 3.8) is 0 Å². The second-order valence-electron chi connectivity index (χ2n) is 7.13. The second-order valence-corrected chi connectivity index (χ2v) is 7.13. The Labute approximate surface area is 182 Å². The molecule has 0 saturated carbocycles. The SMILES string of the molecule is COC(=O)c1nnn([C@H]2C[C@H]3C=Nc4cc(OC)c(OC)cc4C(=O)N3C2)c1C(=O)OC. The van der Waals surface area contributed by atoms with E-state index in [-0.39, 0.29) is 29.9 Å². The van der Waals surface area contributed by atoms with Gasteiger partial charge < -0.3 is 23.8 Å². The lowest BCUT2D eigenvalue weighted by Crippen LogP contribution is -2.35. The van der Waals surface area contributed by atoms with E-state index in [4.69, 9.17) is 14.2 Å². The van der Waals surface area contributed by atoms with Crippen molar-refractivity contribution >= 4 is 29.7 Å². The van der Waals surface area contributed by atoms with E-state index < -0.39 is 18.0 Å². The molecule has 32 heavy (non-hydrogen) atoms. The number of aromatic nitrogens is 3. The van der Waals surface area contributed by atoms with Gasteiger partial charge in [0, 0.05) is 18.8 Å². The van der Waals surface area contributed by atoms with Crippen molar-refractivity contribution in [3.8, 4) is 11.5 Å². The number of ether oxygens (including phenoxy) is 4. The molecule has 1 aromatic carbocycles. The molecule has 3 heterocycles. The lowest BCUT2D eigenvalue weighted by atomic mass is 10.1. The summed E-state index contributed by atoms with van der Waals surface area (Å²) in [4.78, 5) is 43.8. The van der Waals surface area contributed by atoms with Crippen LogP contribution in [0, 0.1) is 0 Å². The minimum Gasteiger partial charge on any atom is -0.493 e. The lowest BCUT2D eigenvalue weighted by Gasteiger charge is -2.20. The predicted octanol–water partition coefficient (Wildman–Crippen LogP) is 1.04. The smallest absolute Gasteiger partial charge is 0.361 e. The first-order chi connectivity index (χ1) is 15.4. The van der Waals surface area contributed by atoms with E-state index in [9.17, 15) is 14.4 Å². The molecule has 2 aromatic rings. The molecule has 0 N–H and O–H groups in total. The Kier molecular flexibility index (Phi) is 5.51. The first-order valence-corrected chi connectivity index (χ1v) is 9.66. The van der Waals surface area contributed by atoms with Crippen molar-refractivity contribution in [3.05, 3.63) is 29.1 Å². The molecule has 1 aromatic heterocycles. The molecular formula is C20H21N5O7. The summed E-state index contributed by atoms with van der Waals surface area (Å²) in [6.45, 7) is 0.220. The fourth-order valence-electron chi connectivity index (χ4n) is 3.93. The van der Waals surface area contributed by atoms with Crippen LogP contribution in [0.3, 0.4) is 0 Å². The molecule has 12 heteroatoms. The summed E-state index contributed by atoms with van der Waals surface area (Å²) >= 11 is 0. The first kappa shape index (κ1) is 21.3. The molecule has 2 aliphatic heterocycles. The molecular weight excluding hydrogens is 422 g/mol. The van der Waals surface area contributed by atoms with E-state index in [0.717, 1.165) is 0 Å². The van der Waals surface area contributed by atoms with Crippen LogP contribution < -0.4 is 9.47 Å². The zero-order valence-electron chi connectivity index (χ0n) is 17.9. The van der Waals surface area contributed by atoms with Crippen molar-refractivity contribution < 1.29 is 33.3 Å². The maximum atomic E-state index is 13.3. The van der Waals surface area contributed by atoms with Gasteiger partial charge in [-0.3, -0.25) is 9.79 Å². The predicted molar refractivity (Wildman–Crippen MR) is 109 cm³/mol. The number of fused-ring (bicyclic) bond motifs is 2. The average Bonchev–Trinajstić information content (AvgIpc) is 3.42. The number of benzene rings is 1. The summed E-state index contributed by atoms with van der Waals surface area (Å²) in [6, 6.07) is 2.46. The number of carbonyl (C=O) groups is 3. The van der Waals surface area contributed by atoms with Crippen LogP contribution in [0.15, 0.2) is 17.1 Å². The van der Waals surface area contributed by atoms with Crippen LogP contribution in [0.1, 0.15) is 43.8 Å². The lowest BCUT2D eigenvalue weighted by molar-refractivity contribution is 0.0541. The molecule has 0 bridgehead atoms. The van der Waals surface area contributed by atoms with Gasteiger partial charge in [-0.15, -0.1) is 5.10 Å². The van der Waals surface area contributed by atoms with Gasteiger partial charge in [0.25, 0.3) is 5.91 Å². The highest BCUT2D eigenvalue weighted by Crippen LogP contribution is 2.39. The molecule has 0 spiro atoms. The highest BCUT2D eigenvalue weighted by molar-refractivity contribution is 6.04. The zero-order valence-corrected chi connectivity index (χ0v) is 17.9. The van der Waals surface area contributed by atoms with Gasteiger partial charge in [-0.05, 0) is 12.5 Å². The number of nitrogens with zero attached hydrogens (tertiary/aromatic N) is 5. The van der Waals surface area contributed by atoms with Crippen molar-refractivity contribution in [1.82, 2.24) is 19.9 Å². The molecule has 12 nitrogen and oxygen atoms in total. The number of aliphatic imine (C=N–C) groups is 1. The highest BCUT2D eigenvalue weighted by Gasteiger charge is 2.41. The van der Waals surface area contributed by atoms with Crippen LogP contribution in [0.2, 0.25) is 0 Å². The van der Waals surface area contributed by atoms with E-state index in [1.165, 1.54) is 33.1 Å². The van der Waals surface area contributed by atoms with Gasteiger partial charge in [-0.25, -0.2) is 14.3 Å². The molecule has 1 fully saturated rings. The van der Waals surface area contributed by atoms with Crippen LogP contribution >= 0.6 is 0 Å². The van der Waals surface area contributed by atoms with Gasteiger partial charge in [0.05, 0.1) is 51.8 Å². The third kappa shape index (κ3) is 3.33. The second kappa shape index (κ2) is 8.29. The third-order valence-electron chi connectivity index (χ3n) is 5.50. The molecule has 2 atom stereocenters. The van der Waals surface area contributed by atoms with E-state index in [1.807, 2.05) is 0 Å². The largest absolute Gasteiger partial charge is 0.493 e. The third-order valence-corrected chi connectivity index (χ3v) is 5.50. The molecule has 168 valence electrons. The Hall–Kier alpha value is -3.96. The first-order valence-electron chi connectivity index (χ1n) is 9.66. The topological polar surface area (TPSA) is 134 Å². The van der Waals surface area contributed by atoms with E-state index in [1.54, 1.807) is 23.2 Å². The summed E-state index contributed by atoms with van der Waals surface area (Å²) in [6.07, 6.45) is 2.08. The Balaban J connectivity index is 1.69. The van der Waals surface area contributed by atoms with Gasteiger partial charge in [0.1, 0.15) is 0 Å². The standard InChI is InChI=1S/C20H21N5O7/c1-29-14-6-12-13(7-15(14)30-2)21-8-10-5-11(9-24(10)18(12)26)25-17(20(28)32-4)16(22-23-25)19(27)31-3/h6-8,10-11H,5,9H2,1-4H3/t10-,11-/m0/s1. The molecule has 1 saturated heterocycles. The van der Waals surface area contributed by atoms with Crippen molar-refractivity contribution in [2.24, 2.45) is 4.99 Å². The number of amides is 1. The van der Waals surface area contributed by atoms with Crippen molar-refractivity contribution in [1.29, 1.82) is 0 Å².